The minimum absolute atomic E-state index is 0.271. The lowest BCUT2D eigenvalue weighted by Crippen LogP contribution is -1.89. The summed E-state index contributed by atoms with van der Waals surface area (Å²) in [7, 11) is 1.46. The van der Waals surface area contributed by atoms with E-state index in [-0.39, 0.29) is 5.82 Å². The first-order chi connectivity index (χ1) is 6.81. The van der Waals surface area contributed by atoms with Crippen molar-refractivity contribution in [2.45, 2.75) is 6.42 Å². The normalized spacial score (nSPS) is 10.4. The predicted molar refractivity (Wildman–Crippen MR) is 52.2 cm³/mol. The fourth-order valence-corrected chi connectivity index (χ4v) is 2.07. The first-order valence-corrected chi connectivity index (χ1v) is 4.96. The summed E-state index contributed by atoms with van der Waals surface area (Å²) in [4.78, 5) is 7.46. The summed E-state index contributed by atoms with van der Waals surface area (Å²) in [6.45, 7) is 0. The van der Waals surface area contributed by atoms with E-state index in [4.69, 9.17) is 4.74 Å². The topological polar surface area (TPSA) is 37.9 Å². The van der Waals surface area contributed by atoms with Crippen LogP contribution in [0.15, 0.2) is 17.9 Å². The van der Waals surface area contributed by atoms with Crippen molar-refractivity contribution in [3.8, 4) is 5.75 Å². The van der Waals surface area contributed by atoms with Crippen molar-refractivity contribution in [2.75, 3.05) is 7.11 Å². The number of hydrogen-bond acceptors (Lipinski definition) is 3. The van der Waals surface area contributed by atoms with E-state index in [1.165, 1.54) is 18.4 Å². The molecule has 0 aliphatic rings. The van der Waals surface area contributed by atoms with Gasteiger partial charge in [0.15, 0.2) is 11.6 Å². The van der Waals surface area contributed by atoms with E-state index in [9.17, 15) is 4.39 Å². The van der Waals surface area contributed by atoms with E-state index in [0.29, 0.717) is 17.0 Å². The SMILES string of the molecule is COc1csc(Cc2cnc[nH]2)c1F. The molecule has 0 amide bonds. The van der Waals surface area contributed by atoms with E-state index in [2.05, 4.69) is 9.97 Å². The van der Waals surface area contributed by atoms with Crippen molar-refractivity contribution in [3.63, 3.8) is 0 Å². The Morgan fingerprint density at radius 1 is 1.64 bits per heavy atom. The average Bonchev–Trinajstić information content (AvgIpc) is 2.79. The Balaban J connectivity index is 2.21. The number of thiophene rings is 1. The van der Waals surface area contributed by atoms with Crippen LogP contribution in [-0.4, -0.2) is 17.1 Å². The largest absolute Gasteiger partial charge is 0.493 e. The molecule has 3 nitrogen and oxygen atoms in total. The van der Waals surface area contributed by atoms with E-state index in [1.54, 1.807) is 17.9 Å². The summed E-state index contributed by atoms with van der Waals surface area (Å²) < 4.78 is 18.3. The maximum absolute atomic E-state index is 13.5. The zero-order valence-electron chi connectivity index (χ0n) is 7.58. The molecular weight excluding hydrogens is 203 g/mol. The van der Waals surface area contributed by atoms with Crippen LogP contribution in [0.5, 0.6) is 5.75 Å². The van der Waals surface area contributed by atoms with E-state index in [1.807, 2.05) is 0 Å². The number of aromatic amines is 1. The van der Waals surface area contributed by atoms with Gasteiger partial charge in [0, 0.05) is 23.7 Å². The van der Waals surface area contributed by atoms with E-state index < -0.39 is 0 Å². The highest BCUT2D eigenvalue weighted by atomic mass is 32.1. The minimum atomic E-state index is -0.271. The highest BCUT2D eigenvalue weighted by Gasteiger charge is 2.12. The van der Waals surface area contributed by atoms with Crippen LogP contribution in [0.2, 0.25) is 0 Å². The lowest BCUT2D eigenvalue weighted by atomic mass is 10.3. The fraction of sp³-hybridized carbons (Fsp3) is 0.222. The number of halogens is 1. The lowest BCUT2D eigenvalue weighted by Gasteiger charge is -1.96. The van der Waals surface area contributed by atoms with Crippen LogP contribution in [0.1, 0.15) is 10.6 Å². The summed E-state index contributed by atoms with van der Waals surface area (Å²) in [6, 6.07) is 0. The second kappa shape index (κ2) is 3.79. The van der Waals surface area contributed by atoms with Crippen LogP contribution in [0.4, 0.5) is 4.39 Å². The molecular formula is C9H9FN2OS. The minimum Gasteiger partial charge on any atom is -0.493 e. The average molecular weight is 212 g/mol. The molecule has 0 fully saturated rings. The lowest BCUT2D eigenvalue weighted by molar-refractivity contribution is 0.388. The van der Waals surface area contributed by atoms with Crippen LogP contribution in [-0.2, 0) is 6.42 Å². The molecule has 2 aromatic heterocycles. The zero-order valence-corrected chi connectivity index (χ0v) is 8.40. The number of ether oxygens (including phenoxy) is 1. The fourth-order valence-electron chi connectivity index (χ4n) is 1.18. The van der Waals surface area contributed by atoms with Crippen molar-refractivity contribution in [1.29, 1.82) is 0 Å². The molecule has 5 heteroatoms. The van der Waals surface area contributed by atoms with Gasteiger partial charge in [-0.15, -0.1) is 11.3 Å². The molecule has 0 saturated carbocycles. The Labute approximate surface area is 84.6 Å². The molecule has 0 aliphatic heterocycles. The van der Waals surface area contributed by atoms with Gasteiger partial charge in [-0.05, 0) is 0 Å². The van der Waals surface area contributed by atoms with Crippen LogP contribution >= 0.6 is 11.3 Å². The second-order valence-electron chi connectivity index (χ2n) is 2.79. The molecule has 0 aromatic carbocycles. The summed E-state index contributed by atoms with van der Waals surface area (Å²) in [5, 5.41) is 1.67. The van der Waals surface area contributed by atoms with Gasteiger partial charge in [0.25, 0.3) is 0 Å². The van der Waals surface area contributed by atoms with Gasteiger partial charge in [0.2, 0.25) is 0 Å². The van der Waals surface area contributed by atoms with Crippen molar-refractivity contribution in [3.05, 3.63) is 34.3 Å². The van der Waals surface area contributed by atoms with Gasteiger partial charge in [0.05, 0.1) is 18.3 Å². The molecule has 74 valence electrons. The molecule has 0 aliphatic carbocycles. The zero-order chi connectivity index (χ0) is 9.97. The maximum Gasteiger partial charge on any atom is 0.179 e. The molecule has 0 saturated heterocycles. The molecule has 0 atom stereocenters. The van der Waals surface area contributed by atoms with Gasteiger partial charge >= 0.3 is 0 Å². The number of rotatable bonds is 3. The van der Waals surface area contributed by atoms with Crippen molar-refractivity contribution < 1.29 is 9.13 Å². The summed E-state index contributed by atoms with van der Waals surface area (Å²) >= 11 is 1.35. The van der Waals surface area contributed by atoms with Gasteiger partial charge in [-0.1, -0.05) is 0 Å². The van der Waals surface area contributed by atoms with Gasteiger partial charge in [-0.25, -0.2) is 9.37 Å². The third kappa shape index (κ3) is 1.63. The Morgan fingerprint density at radius 2 is 2.50 bits per heavy atom. The Kier molecular flexibility index (Phi) is 2.49. The molecule has 0 bridgehead atoms. The van der Waals surface area contributed by atoms with Crippen LogP contribution in [0, 0.1) is 5.82 Å². The summed E-state index contributed by atoms with van der Waals surface area (Å²) in [5.41, 5.74) is 0.897. The van der Waals surface area contributed by atoms with Gasteiger partial charge in [0.1, 0.15) is 0 Å². The van der Waals surface area contributed by atoms with Crippen LogP contribution < -0.4 is 4.74 Å². The van der Waals surface area contributed by atoms with E-state index >= 15 is 0 Å². The smallest absolute Gasteiger partial charge is 0.179 e. The molecule has 14 heavy (non-hydrogen) atoms. The van der Waals surface area contributed by atoms with Crippen molar-refractivity contribution >= 4 is 11.3 Å². The monoisotopic (exact) mass is 212 g/mol. The number of H-pyrrole nitrogens is 1. The number of nitrogens with one attached hydrogen (secondary N) is 1. The third-order valence-corrected chi connectivity index (χ3v) is 2.84. The number of imidazole rings is 1. The molecule has 2 rings (SSSR count). The number of aromatic nitrogens is 2. The number of methoxy groups -OCH3 is 1. The molecule has 0 spiro atoms. The first-order valence-electron chi connectivity index (χ1n) is 4.08. The highest BCUT2D eigenvalue weighted by molar-refractivity contribution is 7.10. The van der Waals surface area contributed by atoms with Crippen molar-refractivity contribution in [2.24, 2.45) is 0 Å². The Hall–Kier alpha value is -1.36. The Morgan fingerprint density at radius 3 is 3.07 bits per heavy atom. The predicted octanol–water partition coefficient (Wildman–Crippen LogP) is 2.21. The van der Waals surface area contributed by atoms with Gasteiger partial charge in [-0.2, -0.15) is 0 Å². The quantitative estimate of drug-likeness (QED) is 0.847. The number of hydrogen-bond donors (Lipinski definition) is 1. The van der Waals surface area contributed by atoms with Gasteiger partial charge in [-0.3, -0.25) is 0 Å². The highest BCUT2D eigenvalue weighted by Crippen LogP contribution is 2.28. The number of nitrogens with zero attached hydrogens (tertiary/aromatic N) is 1. The van der Waals surface area contributed by atoms with Gasteiger partial charge < -0.3 is 9.72 Å². The van der Waals surface area contributed by atoms with Crippen LogP contribution in [0.25, 0.3) is 0 Å². The standard InChI is InChI=1S/C9H9FN2OS/c1-13-7-4-14-8(9(7)10)2-6-3-11-5-12-6/h3-5H,2H2,1H3,(H,11,12). The second-order valence-corrected chi connectivity index (χ2v) is 3.76. The Bertz CT molecular complexity index is 410. The van der Waals surface area contributed by atoms with E-state index in [0.717, 1.165) is 5.69 Å². The first kappa shape index (κ1) is 9.21. The summed E-state index contributed by atoms with van der Waals surface area (Å²) in [6.07, 6.45) is 3.80. The van der Waals surface area contributed by atoms with Crippen LogP contribution in [0.3, 0.4) is 0 Å². The molecule has 2 aromatic rings. The molecule has 1 N–H and O–H groups in total. The van der Waals surface area contributed by atoms with Crippen molar-refractivity contribution in [1.82, 2.24) is 9.97 Å². The third-order valence-electron chi connectivity index (χ3n) is 1.90. The molecule has 0 radical (unpaired) electrons. The summed E-state index contributed by atoms with van der Waals surface area (Å²) in [5.74, 6) is 0.0385. The maximum atomic E-state index is 13.5. The molecule has 0 unspecified atom stereocenters. The molecule has 2 heterocycles.